The Kier molecular flexibility index (Phi) is 3.74. The van der Waals surface area contributed by atoms with Crippen molar-refractivity contribution in [3.05, 3.63) is 53.5 Å². The number of nitrogens with one attached hydrogen (secondary N) is 1. The van der Waals surface area contributed by atoms with Gasteiger partial charge in [-0.1, -0.05) is 18.2 Å². The Labute approximate surface area is 124 Å². The van der Waals surface area contributed by atoms with Crippen LogP contribution in [0.2, 0.25) is 0 Å². The molecule has 4 nitrogen and oxygen atoms in total. The van der Waals surface area contributed by atoms with E-state index in [1.165, 1.54) is 5.56 Å². The topological polar surface area (TPSA) is 54.6 Å². The van der Waals surface area contributed by atoms with E-state index in [1.54, 1.807) is 18.4 Å². The molecular weight excluding hydrogens is 266 g/mol. The Morgan fingerprint density at radius 2 is 2.14 bits per heavy atom. The first-order chi connectivity index (χ1) is 10.1. The normalized spacial score (nSPS) is 17.3. The average Bonchev–Trinajstić information content (AvgIpc) is 3.04. The first-order valence-corrected chi connectivity index (χ1v) is 7.27. The third kappa shape index (κ3) is 3.12. The van der Waals surface area contributed by atoms with Gasteiger partial charge in [-0.2, -0.15) is 0 Å². The van der Waals surface area contributed by atoms with Gasteiger partial charge in [0.1, 0.15) is 23.2 Å². The van der Waals surface area contributed by atoms with Crippen LogP contribution in [0, 0.1) is 0 Å². The summed E-state index contributed by atoms with van der Waals surface area (Å²) in [5, 5.41) is 13.2. The number of benzene rings is 1. The highest BCUT2D eigenvalue weighted by Crippen LogP contribution is 2.37. The van der Waals surface area contributed by atoms with Crippen LogP contribution in [0.25, 0.3) is 0 Å². The van der Waals surface area contributed by atoms with Crippen molar-refractivity contribution in [1.29, 1.82) is 0 Å². The summed E-state index contributed by atoms with van der Waals surface area (Å²) in [5.74, 6) is 1.57. The minimum atomic E-state index is -0.630. The number of aliphatic hydroxyl groups is 1. The van der Waals surface area contributed by atoms with Gasteiger partial charge in [0.05, 0.1) is 6.26 Å². The van der Waals surface area contributed by atoms with E-state index >= 15 is 0 Å². The maximum absolute atomic E-state index is 9.98. The number of hydrogen-bond donors (Lipinski definition) is 2. The van der Waals surface area contributed by atoms with Crippen LogP contribution >= 0.6 is 0 Å². The number of aliphatic hydroxyl groups excluding tert-OH is 1. The van der Waals surface area contributed by atoms with Gasteiger partial charge < -0.3 is 19.6 Å². The molecule has 0 spiro atoms. The lowest BCUT2D eigenvalue weighted by molar-refractivity contribution is 0.135. The summed E-state index contributed by atoms with van der Waals surface area (Å²) in [5.41, 5.74) is 2.25. The molecule has 2 N–H and O–H groups in total. The molecule has 21 heavy (non-hydrogen) atoms. The van der Waals surface area contributed by atoms with Crippen LogP contribution in [0.1, 0.15) is 36.8 Å². The molecule has 1 atom stereocenters. The Hall–Kier alpha value is -1.78. The molecule has 3 rings (SSSR count). The van der Waals surface area contributed by atoms with E-state index in [1.807, 2.05) is 0 Å². The minimum Gasteiger partial charge on any atom is -0.487 e. The molecule has 0 aliphatic carbocycles. The largest absolute Gasteiger partial charge is 0.487 e. The molecule has 0 saturated carbocycles. The Morgan fingerprint density at radius 3 is 2.90 bits per heavy atom. The van der Waals surface area contributed by atoms with Gasteiger partial charge in [0.25, 0.3) is 0 Å². The van der Waals surface area contributed by atoms with Gasteiger partial charge in [0.2, 0.25) is 0 Å². The standard InChI is InChI=1S/C17H21NO3/c1-17(2)9-12-5-3-6-13(16(12)21-17)10-18-11-14(19)15-7-4-8-20-15/h3-8,14,18-19H,9-11H2,1-2H3. The fourth-order valence-corrected chi connectivity index (χ4v) is 2.74. The fourth-order valence-electron chi connectivity index (χ4n) is 2.74. The third-order valence-corrected chi connectivity index (χ3v) is 3.70. The van der Waals surface area contributed by atoms with E-state index in [2.05, 4.69) is 37.4 Å². The molecule has 4 heteroatoms. The van der Waals surface area contributed by atoms with Crippen LogP contribution < -0.4 is 10.1 Å². The predicted molar refractivity (Wildman–Crippen MR) is 80.2 cm³/mol. The molecule has 0 amide bonds. The quantitative estimate of drug-likeness (QED) is 0.888. The lowest BCUT2D eigenvalue weighted by atomic mass is 10.0. The molecule has 0 fully saturated rings. The van der Waals surface area contributed by atoms with Crippen molar-refractivity contribution in [2.75, 3.05) is 6.54 Å². The highest BCUT2D eigenvalue weighted by atomic mass is 16.5. The first kappa shape index (κ1) is 14.2. The maximum atomic E-state index is 9.98. The Bertz CT molecular complexity index is 605. The zero-order valence-electron chi connectivity index (χ0n) is 12.4. The summed E-state index contributed by atoms with van der Waals surface area (Å²) in [7, 11) is 0. The van der Waals surface area contributed by atoms with Crippen LogP contribution in [-0.2, 0) is 13.0 Å². The van der Waals surface area contributed by atoms with Crippen molar-refractivity contribution in [3.8, 4) is 5.75 Å². The number of para-hydroxylation sites is 1. The van der Waals surface area contributed by atoms with Crippen LogP contribution in [0.5, 0.6) is 5.75 Å². The third-order valence-electron chi connectivity index (χ3n) is 3.70. The molecule has 0 saturated heterocycles. The van der Waals surface area contributed by atoms with Crippen LogP contribution in [-0.4, -0.2) is 17.3 Å². The van der Waals surface area contributed by atoms with Crippen molar-refractivity contribution >= 4 is 0 Å². The molecule has 1 aromatic carbocycles. The SMILES string of the molecule is CC1(C)Cc2cccc(CNCC(O)c3ccco3)c2O1. The highest BCUT2D eigenvalue weighted by molar-refractivity contribution is 5.45. The second kappa shape index (κ2) is 5.54. The molecule has 0 bridgehead atoms. The monoisotopic (exact) mass is 287 g/mol. The number of rotatable bonds is 5. The van der Waals surface area contributed by atoms with Crippen LogP contribution in [0.15, 0.2) is 41.0 Å². The summed E-state index contributed by atoms with van der Waals surface area (Å²) in [6.45, 7) is 5.31. The van der Waals surface area contributed by atoms with Gasteiger partial charge in [-0.05, 0) is 31.5 Å². The second-order valence-corrected chi connectivity index (χ2v) is 6.11. The second-order valence-electron chi connectivity index (χ2n) is 6.11. The van der Waals surface area contributed by atoms with Gasteiger partial charge in [0.15, 0.2) is 0 Å². The van der Waals surface area contributed by atoms with E-state index in [4.69, 9.17) is 9.15 Å². The van der Waals surface area contributed by atoms with Crippen molar-refractivity contribution in [2.24, 2.45) is 0 Å². The molecule has 1 aliphatic rings. The lowest BCUT2D eigenvalue weighted by Gasteiger charge is -2.18. The molecule has 1 aliphatic heterocycles. The predicted octanol–water partition coefficient (Wildman–Crippen LogP) is 2.82. The number of hydrogen-bond acceptors (Lipinski definition) is 4. The molecule has 1 unspecified atom stereocenters. The molecule has 0 radical (unpaired) electrons. The fraction of sp³-hybridized carbons (Fsp3) is 0.412. The summed E-state index contributed by atoms with van der Waals surface area (Å²) < 4.78 is 11.2. The average molecular weight is 287 g/mol. The molecule has 2 heterocycles. The van der Waals surface area contributed by atoms with Gasteiger partial charge >= 0.3 is 0 Å². The lowest BCUT2D eigenvalue weighted by Crippen LogP contribution is -2.25. The first-order valence-electron chi connectivity index (χ1n) is 7.27. The minimum absolute atomic E-state index is 0.133. The van der Waals surface area contributed by atoms with Gasteiger partial charge in [0, 0.05) is 25.1 Å². The number of furan rings is 1. The Balaban J connectivity index is 1.61. The highest BCUT2D eigenvalue weighted by Gasteiger charge is 2.31. The summed E-state index contributed by atoms with van der Waals surface area (Å²) >= 11 is 0. The van der Waals surface area contributed by atoms with E-state index in [0.29, 0.717) is 18.8 Å². The summed E-state index contributed by atoms with van der Waals surface area (Å²) in [6, 6.07) is 9.79. The van der Waals surface area contributed by atoms with Crippen LogP contribution in [0.3, 0.4) is 0 Å². The van der Waals surface area contributed by atoms with Gasteiger partial charge in [-0.25, -0.2) is 0 Å². The zero-order valence-corrected chi connectivity index (χ0v) is 12.4. The van der Waals surface area contributed by atoms with Crippen molar-refractivity contribution in [1.82, 2.24) is 5.32 Å². The number of fused-ring (bicyclic) bond motifs is 1. The van der Waals surface area contributed by atoms with E-state index in [0.717, 1.165) is 17.7 Å². The smallest absolute Gasteiger partial charge is 0.133 e. The molecule has 1 aromatic heterocycles. The zero-order chi connectivity index (χ0) is 14.9. The van der Waals surface area contributed by atoms with E-state index < -0.39 is 6.10 Å². The summed E-state index contributed by atoms with van der Waals surface area (Å²) in [4.78, 5) is 0. The Morgan fingerprint density at radius 1 is 1.29 bits per heavy atom. The van der Waals surface area contributed by atoms with Crippen molar-refractivity contribution < 1.29 is 14.3 Å². The molecular formula is C17H21NO3. The summed E-state index contributed by atoms with van der Waals surface area (Å²) in [6.07, 6.45) is 1.87. The van der Waals surface area contributed by atoms with Gasteiger partial charge in [-0.3, -0.25) is 0 Å². The number of ether oxygens (including phenoxy) is 1. The molecule has 112 valence electrons. The van der Waals surface area contributed by atoms with E-state index in [9.17, 15) is 5.11 Å². The van der Waals surface area contributed by atoms with Crippen LogP contribution in [0.4, 0.5) is 0 Å². The van der Waals surface area contributed by atoms with Crippen molar-refractivity contribution in [3.63, 3.8) is 0 Å². The molecule has 2 aromatic rings. The van der Waals surface area contributed by atoms with Crippen molar-refractivity contribution in [2.45, 2.75) is 38.5 Å². The maximum Gasteiger partial charge on any atom is 0.133 e. The van der Waals surface area contributed by atoms with E-state index in [-0.39, 0.29) is 5.60 Å². The van der Waals surface area contributed by atoms with Gasteiger partial charge in [-0.15, -0.1) is 0 Å².